The van der Waals surface area contributed by atoms with Gasteiger partial charge >= 0.3 is 0 Å². The van der Waals surface area contributed by atoms with E-state index in [1.807, 2.05) is 17.7 Å². The fraction of sp³-hybridized carbons (Fsp3) is 0.769. The Labute approximate surface area is 120 Å². The fourth-order valence-corrected chi connectivity index (χ4v) is 4.30. The molecule has 114 valence electrons. The fourth-order valence-electron chi connectivity index (χ4n) is 2.53. The smallest absolute Gasteiger partial charge is 0.203 e. The van der Waals surface area contributed by atoms with Crippen LogP contribution in [0.3, 0.4) is 0 Å². The average Bonchev–Trinajstić information content (AvgIpc) is 2.90. The molecule has 0 radical (unpaired) electrons. The maximum atomic E-state index is 11.8. The second-order valence-corrected chi connectivity index (χ2v) is 7.66. The standard InChI is InChI=1S/C13H23N3O3S/c1-11-10-16(6-4-7-19-2)13(15-11)14-9-12-5-3-8-20(12,17)18/h10,12H,3-9H2,1-2H3,(H,14,15). The Morgan fingerprint density at radius 1 is 1.55 bits per heavy atom. The zero-order valence-corrected chi connectivity index (χ0v) is 12.9. The summed E-state index contributed by atoms with van der Waals surface area (Å²) in [4.78, 5) is 4.41. The van der Waals surface area contributed by atoms with Crippen LogP contribution in [0.15, 0.2) is 6.20 Å². The number of rotatable bonds is 7. The molecule has 1 saturated heterocycles. The third kappa shape index (κ3) is 3.73. The number of nitrogens with one attached hydrogen (secondary N) is 1. The summed E-state index contributed by atoms with van der Waals surface area (Å²) in [5.74, 6) is 1.07. The highest BCUT2D eigenvalue weighted by atomic mass is 32.2. The zero-order chi connectivity index (χ0) is 14.6. The third-order valence-electron chi connectivity index (χ3n) is 3.60. The summed E-state index contributed by atoms with van der Waals surface area (Å²) < 4.78 is 30.7. The summed E-state index contributed by atoms with van der Waals surface area (Å²) >= 11 is 0. The zero-order valence-electron chi connectivity index (χ0n) is 12.1. The van der Waals surface area contributed by atoms with Crippen LogP contribution in [-0.2, 0) is 21.1 Å². The molecule has 1 fully saturated rings. The van der Waals surface area contributed by atoms with Gasteiger partial charge in [0.15, 0.2) is 9.84 Å². The maximum Gasteiger partial charge on any atom is 0.203 e. The van der Waals surface area contributed by atoms with Crippen molar-refractivity contribution in [1.29, 1.82) is 0 Å². The lowest BCUT2D eigenvalue weighted by Crippen LogP contribution is -2.26. The lowest BCUT2D eigenvalue weighted by atomic mass is 10.2. The van der Waals surface area contributed by atoms with E-state index in [-0.39, 0.29) is 5.25 Å². The van der Waals surface area contributed by atoms with E-state index in [2.05, 4.69) is 10.3 Å². The number of nitrogens with zero attached hydrogens (tertiary/aromatic N) is 2. The monoisotopic (exact) mass is 301 g/mol. The molecular formula is C13H23N3O3S. The summed E-state index contributed by atoms with van der Waals surface area (Å²) in [5, 5.41) is 2.92. The van der Waals surface area contributed by atoms with Crippen LogP contribution in [0, 0.1) is 6.92 Å². The number of imidazole rings is 1. The molecule has 20 heavy (non-hydrogen) atoms. The Morgan fingerprint density at radius 3 is 3.00 bits per heavy atom. The van der Waals surface area contributed by atoms with Crippen LogP contribution in [0.2, 0.25) is 0 Å². The SMILES string of the molecule is COCCCn1cc(C)nc1NCC1CCCS1(=O)=O. The molecule has 0 spiro atoms. The first-order valence-corrected chi connectivity index (χ1v) is 8.72. The second-order valence-electron chi connectivity index (χ2n) is 5.26. The van der Waals surface area contributed by atoms with Crippen LogP contribution in [-0.4, -0.2) is 49.2 Å². The number of anilines is 1. The molecule has 1 N–H and O–H groups in total. The molecule has 7 heteroatoms. The number of sulfone groups is 1. The number of aryl methyl sites for hydroxylation is 2. The Balaban J connectivity index is 1.95. The lowest BCUT2D eigenvalue weighted by molar-refractivity contribution is 0.190. The Hall–Kier alpha value is -1.08. The van der Waals surface area contributed by atoms with Crippen molar-refractivity contribution in [2.24, 2.45) is 0 Å². The molecule has 0 bridgehead atoms. The highest BCUT2D eigenvalue weighted by Crippen LogP contribution is 2.20. The van der Waals surface area contributed by atoms with Gasteiger partial charge in [-0.15, -0.1) is 0 Å². The van der Waals surface area contributed by atoms with Crippen LogP contribution in [0.5, 0.6) is 0 Å². The van der Waals surface area contributed by atoms with Crippen molar-refractivity contribution in [2.75, 3.05) is 31.3 Å². The number of methoxy groups -OCH3 is 1. The van der Waals surface area contributed by atoms with Gasteiger partial charge in [-0.05, 0) is 26.2 Å². The van der Waals surface area contributed by atoms with E-state index in [0.717, 1.165) is 37.4 Å². The number of aromatic nitrogens is 2. The van der Waals surface area contributed by atoms with E-state index in [0.29, 0.717) is 18.9 Å². The molecule has 2 rings (SSSR count). The Morgan fingerprint density at radius 2 is 2.35 bits per heavy atom. The van der Waals surface area contributed by atoms with Gasteiger partial charge in [0.2, 0.25) is 5.95 Å². The van der Waals surface area contributed by atoms with Gasteiger partial charge in [-0.1, -0.05) is 0 Å². The summed E-state index contributed by atoms with van der Waals surface area (Å²) in [6.45, 7) is 3.90. The van der Waals surface area contributed by atoms with Crippen molar-refractivity contribution in [3.8, 4) is 0 Å². The van der Waals surface area contributed by atoms with Crippen molar-refractivity contribution >= 4 is 15.8 Å². The molecule has 2 heterocycles. The lowest BCUT2D eigenvalue weighted by Gasteiger charge is -2.13. The Bertz CT molecular complexity index is 539. The first-order valence-electron chi connectivity index (χ1n) is 7.01. The highest BCUT2D eigenvalue weighted by molar-refractivity contribution is 7.92. The van der Waals surface area contributed by atoms with Crippen LogP contribution in [0.25, 0.3) is 0 Å². The summed E-state index contributed by atoms with van der Waals surface area (Å²) in [6.07, 6.45) is 4.40. The largest absolute Gasteiger partial charge is 0.385 e. The normalized spacial score (nSPS) is 21.2. The molecule has 6 nitrogen and oxygen atoms in total. The van der Waals surface area contributed by atoms with E-state index in [1.165, 1.54) is 0 Å². The number of ether oxygens (including phenoxy) is 1. The predicted molar refractivity (Wildman–Crippen MR) is 78.8 cm³/mol. The molecule has 1 aromatic rings. The van der Waals surface area contributed by atoms with Gasteiger partial charge in [0.1, 0.15) is 0 Å². The molecule has 0 aromatic carbocycles. The van der Waals surface area contributed by atoms with Crippen LogP contribution >= 0.6 is 0 Å². The minimum atomic E-state index is -2.90. The maximum absolute atomic E-state index is 11.8. The van der Waals surface area contributed by atoms with E-state index < -0.39 is 9.84 Å². The van der Waals surface area contributed by atoms with Crippen molar-refractivity contribution in [1.82, 2.24) is 9.55 Å². The van der Waals surface area contributed by atoms with Crippen molar-refractivity contribution in [3.05, 3.63) is 11.9 Å². The predicted octanol–water partition coefficient (Wildman–Crippen LogP) is 1.22. The Kier molecular flexibility index (Phi) is 5.04. The summed E-state index contributed by atoms with van der Waals surface area (Å²) in [5.41, 5.74) is 0.930. The molecule has 1 aromatic heterocycles. The molecular weight excluding hydrogens is 278 g/mol. The quantitative estimate of drug-likeness (QED) is 0.767. The third-order valence-corrected chi connectivity index (χ3v) is 5.87. The first kappa shape index (κ1) is 15.3. The van der Waals surface area contributed by atoms with E-state index in [4.69, 9.17) is 4.74 Å². The van der Waals surface area contributed by atoms with Gasteiger partial charge in [-0.2, -0.15) is 0 Å². The van der Waals surface area contributed by atoms with Crippen LogP contribution in [0.4, 0.5) is 5.95 Å². The molecule has 0 saturated carbocycles. The van der Waals surface area contributed by atoms with Gasteiger partial charge in [0.25, 0.3) is 0 Å². The minimum Gasteiger partial charge on any atom is -0.385 e. The molecule has 0 amide bonds. The molecule has 1 aliphatic rings. The highest BCUT2D eigenvalue weighted by Gasteiger charge is 2.31. The van der Waals surface area contributed by atoms with Gasteiger partial charge in [0.05, 0.1) is 16.7 Å². The molecule has 1 unspecified atom stereocenters. The van der Waals surface area contributed by atoms with Crippen molar-refractivity contribution in [3.63, 3.8) is 0 Å². The molecule has 1 aliphatic heterocycles. The molecule has 0 aliphatic carbocycles. The second kappa shape index (κ2) is 6.58. The number of hydrogen-bond acceptors (Lipinski definition) is 5. The topological polar surface area (TPSA) is 73.2 Å². The number of hydrogen-bond donors (Lipinski definition) is 1. The van der Waals surface area contributed by atoms with E-state index in [9.17, 15) is 8.42 Å². The summed E-state index contributed by atoms with van der Waals surface area (Å²) in [6, 6.07) is 0. The average molecular weight is 301 g/mol. The van der Waals surface area contributed by atoms with Gasteiger partial charge in [0, 0.05) is 33.0 Å². The van der Waals surface area contributed by atoms with Gasteiger partial charge in [-0.3, -0.25) is 0 Å². The minimum absolute atomic E-state index is 0.271. The van der Waals surface area contributed by atoms with Gasteiger partial charge < -0.3 is 14.6 Å². The van der Waals surface area contributed by atoms with Crippen molar-refractivity contribution < 1.29 is 13.2 Å². The van der Waals surface area contributed by atoms with Gasteiger partial charge in [-0.25, -0.2) is 13.4 Å². The van der Waals surface area contributed by atoms with Crippen LogP contribution < -0.4 is 5.32 Å². The summed E-state index contributed by atoms with van der Waals surface area (Å²) in [7, 11) is -1.22. The van der Waals surface area contributed by atoms with E-state index >= 15 is 0 Å². The van der Waals surface area contributed by atoms with Crippen molar-refractivity contribution in [2.45, 2.75) is 38.0 Å². The molecule has 1 atom stereocenters. The van der Waals surface area contributed by atoms with E-state index in [1.54, 1.807) is 7.11 Å². The first-order chi connectivity index (χ1) is 9.53. The van der Waals surface area contributed by atoms with Crippen LogP contribution in [0.1, 0.15) is 25.0 Å².